The summed E-state index contributed by atoms with van der Waals surface area (Å²) >= 11 is 5.86. The van der Waals surface area contributed by atoms with Crippen LogP contribution in [0.3, 0.4) is 0 Å². The van der Waals surface area contributed by atoms with Gasteiger partial charge >= 0.3 is 0 Å². The number of pyridine rings is 1. The number of halogens is 2. The maximum atomic E-state index is 13.1. The van der Waals surface area contributed by atoms with Crippen LogP contribution < -0.4 is 0 Å². The van der Waals surface area contributed by atoms with Gasteiger partial charge in [-0.05, 0) is 31.7 Å². The lowest BCUT2D eigenvalue weighted by Crippen LogP contribution is -2.44. The lowest BCUT2D eigenvalue weighted by atomic mass is 9.93. The van der Waals surface area contributed by atoms with Gasteiger partial charge < -0.3 is 4.90 Å². The van der Waals surface area contributed by atoms with Crippen LogP contribution in [0.15, 0.2) is 12.3 Å². The number of aromatic nitrogens is 1. The van der Waals surface area contributed by atoms with Gasteiger partial charge in [-0.2, -0.15) is 0 Å². The van der Waals surface area contributed by atoms with E-state index in [4.69, 9.17) is 11.6 Å². The number of amides is 1. The van der Waals surface area contributed by atoms with Crippen LogP contribution in [-0.2, 0) is 0 Å². The molecule has 0 spiro atoms. The third kappa shape index (κ3) is 2.64. The van der Waals surface area contributed by atoms with Crippen molar-refractivity contribution in [2.75, 3.05) is 6.54 Å². The topological polar surface area (TPSA) is 33.2 Å². The Hall–Kier alpha value is -1.16. The molecule has 1 fully saturated rings. The molecule has 2 unspecified atom stereocenters. The Bertz CT molecular complexity index is 466. The van der Waals surface area contributed by atoms with Crippen molar-refractivity contribution in [2.24, 2.45) is 5.92 Å². The van der Waals surface area contributed by atoms with Crippen molar-refractivity contribution < 1.29 is 9.18 Å². The first kappa shape index (κ1) is 13.3. The molecule has 0 saturated carbocycles. The van der Waals surface area contributed by atoms with Gasteiger partial charge in [0.05, 0.1) is 11.8 Å². The molecule has 2 atom stereocenters. The summed E-state index contributed by atoms with van der Waals surface area (Å²) in [5.41, 5.74) is 0.151. The highest BCUT2D eigenvalue weighted by atomic mass is 35.5. The predicted octanol–water partition coefficient (Wildman–Crippen LogP) is 3.13. The molecule has 1 aromatic heterocycles. The molecule has 0 N–H and O–H groups in total. The maximum absolute atomic E-state index is 13.1. The second-order valence-electron chi connectivity index (χ2n) is 4.97. The van der Waals surface area contributed by atoms with Gasteiger partial charge in [0.25, 0.3) is 5.91 Å². The zero-order valence-corrected chi connectivity index (χ0v) is 11.2. The summed E-state index contributed by atoms with van der Waals surface area (Å²) < 4.78 is 13.1. The summed E-state index contributed by atoms with van der Waals surface area (Å²) in [5, 5.41) is 0.0622. The molecule has 1 saturated heterocycles. The van der Waals surface area contributed by atoms with Crippen LogP contribution in [0, 0.1) is 11.7 Å². The van der Waals surface area contributed by atoms with Crippen LogP contribution >= 0.6 is 11.6 Å². The van der Waals surface area contributed by atoms with E-state index in [1.807, 2.05) is 6.92 Å². The van der Waals surface area contributed by atoms with Crippen molar-refractivity contribution in [3.8, 4) is 0 Å². The van der Waals surface area contributed by atoms with Crippen LogP contribution in [0.2, 0.25) is 5.15 Å². The minimum Gasteiger partial charge on any atom is -0.336 e. The van der Waals surface area contributed by atoms with Crippen molar-refractivity contribution in [2.45, 2.75) is 32.7 Å². The summed E-state index contributed by atoms with van der Waals surface area (Å²) in [6.07, 6.45) is 2.95. The normalized spacial score (nSPS) is 24.1. The fourth-order valence-corrected chi connectivity index (χ4v) is 2.62. The number of hydrogen-bond acceptors (Lipinski definition) is 2. The van der Waals surface area contributed by atoms with Crippen LogP contribution in [-0.4, -0.2) is 28.4 Å². The van der Waals surface area contributed by atoms with Crippen molar-refractivity contribution in [1.29, 1.82) is 0 Å². The van der Waals surface area contributed by atoms with Crippen LogP contribution in [0.25, 0.3) is 0 Å². The number of hydrogen-bond donors (Lipinski definition) is 0. The lowest BCUT2D eigenvalue weighted by Gasteiger charge is -2.36. The molecule has 1 aliphatic heterocycles. The average Bonchev–Trinajstić information content (AvgIpc) is 2.31. The van der Waals surface area contributed by atoms with E-state index in [0.717, 1.165) is 25.1 Å². The summed E-state index contributed by atoms with van der Waals surface area (Å²) in [5.74, 6) is -0.155. The third-order valence-corrected chi connectivity index (χ3v) is 3.74. The summed E-state index contributed by atoms with van der Waals surface area (Å²) in [7, 11) is 0. The Kier molecular flexibility index (Phi) is 3.85. The van der Waals surface area contributed by atoms with Gasteiger partial charge in [-0.25, -0.2) is 9.37 Å². The Morgan fingerprint density at radius 2 is 2.28 bits per heavy atom. The first-order valence-electron chi connectivity index (χ1n) is 6.11. The molecule has 1 amide bonds. The van der Waals surface area contributed by atoms with E-state index in [1.54, 1.807) is 4.90 Å². The van der Waals surface area contributed by atoms with E-state index in [-0.39, 0.29) is 22.7 Å². The van der Waals surface area contributed by atoms with Gasteiger partial charge in [0.2, 0.25) is 0 Å². The number of rotatable bonds is 1. The van der Waals surface area contributed by atoms with E-state index in [9.17, 15) is 9.18 Å². The predicted molar refractivity (Wildman–Crippen MR) is 68.1 cm³/mol. The first-order chi connectivity index (χ1) is 8.49. The molecule has 18 heavy (non-hydrogen) atoms. The Balaban J connectivity index is 2.23. The van der Waals surface area contributed by atoms with Crippen molar-refractivity contribution >= 4 is 17.5 Å². The number of piperidine rings is 1. The summed E-state index contributed by atoms with van der Waals surface area (Å²) in [6, 6.07) is 1.31. The van der Waals surface area contributed by atoms with Crippen molar-refractivity contribution in [3.05, 3.63) is 28.8 Å². The zero-order valence-electron chi connectivity index (χ0n) is 10.5. The smallest absolute Gasteiger partial charge is 0.257 e. The van der Waals surface area contributed by atoms with E-state index in [0.29, 0.717) is 12.5 Å². The third-order valence-electron chi connectivity index (χ3n) is 3.44. The van der Waals surface area contributed by atoms with Gasteiger partial charge in [-0.1, -0.05) is 18.5 Å². The monoisotopic (exact) mass is 270 g/mol. The molecule has 0 aliphatic carbocycles. The molecule has 0 bridgehead atoms. The van der Waals surface area contributed by atoms with Gasteiger partial charge in [-0.15, -0.1) is 0 Å². The van der Waals surface area contributed by atoms with Crippen molar-refractivity contribution in [1.82, 2.24) is 9.88 Å². The quantitative estimate of drug-likeness (QED) is 0.735. The van der Waals surface area contributed by atoms with Gasteiger partial charge in [-0.3, -0.25) is 4.79 Å². The fourth-order valence-electron chi connectivity index (χ4n) is 2.44. The molecule has 3 nitrogen and oxygen atoms in total. The molecular formula is C13H16ClFN2O. The minimum atomic E-state index is -0.541. The van der Waals surface area contributed by atoms with Crippen LogP contribution in [0.1, 0.15) is 37.0 Å². The number of nitrogens with zero attached hydrogens (tertiary/aromatic N) is 2. The largest absolute Gasteiger partial charge is 0.336 e. The van der Waals surface area contributed by atoms with E-state index in [1.165, 1.54) is 0 Å². The number of likely N-dealkylation sites (tertiary alicyclic amines) is 1. The molecule has 1 aromatic rings. The SMILES string of the molecule is CC1CCN(C(=O)c2cc(F)cnc2Cl)C(C)C1. The molecule has 2 heterocycles. The molecule has 1 aliphatic rings. The van der Waals surface area contributed by atoms with Gasteiger partial charge in [0.15, 0.2) is 0 Å². The van der Waals surface area contributed by atoms with E-state index in [2.05, 4.69) is 11.9 Å². The first-order valence-corrected chi connectivity index (χ1v) is 6.49. The molecule has 0 radical (unpaired) electrons. The van der Waals surface area contributed by atoms with Crippen LogP contribution in [0.5, 0.6) is 0 Å². The Labute approximate surface area is 111 Å². The zero-order chi connectivity index (χ0) is 13.3. The van der Waals surface area contributed by atoms with Gasteiger partial charge in [0.1, 0.15) is 11.0 Å². The highest BCUT2D eigenvalue weighted by molar-refractivity contribution is 6.32. The van der Waals surface area contributed by atoms with E-state index < -0.39 is 5.82 Å². The Morgan fingerprint density at radius 1 is 1.56 bits per heavy atom. The molecule has 2 rings (SSSR count). The second kappa shape index (κ2) is 5.22. The number of carbonyl (C=O) groups is 1. The number of carbonyl (C=O) groups excluding carboxylic acids is 1. The lowest BCUT2D eigenvalue weighted by molar-refractivity contribution is 0.0588. The Morgan fingerprint density at radius 3 is 2.94 bits per heavy atom. The van der Waals surface area contributed by atoms with Crippen molar-refractivity contribution in [3.63, 3.8) is 0 Å². The summed E-state index contributed by atoms with van der Waals surface area (Å²) in [4.78, 5) is 17.8. The second-order valence-corrected chi connectivity index (χ2v) is 5.33. The highest BCUT2D eigenvalue weighted by Gasteiger charge is 2.28. The highest BCUT2D eigenvalue weighted by Crippen LogP contribution is 2.25. The molecule has 0 aromatic carbocycles. The fraction of sp³-hybridized carbons (Fsp3) is 0.538. The average molecular weight is 271 g/mol. The summed E-state index contributed by atoms with van der Waals surface area (Å²) in [6.45, 7) is 4.87. The maximum Gasteiger partial charge on any atom is 0.257 e. The molecular weight excluding hydrogens is 255 g/mol. The standard InChI is InChI=1S/C13H16ClFN2O/c1-8-3-4-17(9(2)5-8)13(18)11-6-10(15)7-16-12(11)14/h6-9H,3-5H2,1-2H3. The van der Waals surface area contributed by atoms with Gasteiger partial charge in [0, 0.05) is 12.6 Å². The minimum absolute atomic E-state index is 0.0622. The van der Waals surface area contributed by atoms with E-state index >= 15 is 0 Å². The molecule has 98 valence electrons. The van der Waals surface area contributed by atoms with Crippen LogP contribution in [0.4, 0.5) is 4.39 Å². The molecule has 5 heteroatoms.